The predicted molar refractivity (Wildman–Crippen MR) is 101 cm³/mol. The van der Waals surface area contributed by atoms with Crippen LogP contribution in [0.4, 0.5) is 5.82 Å². The summed E-state index contributed by atoms with van der Waals surface area (Å²) in [7, 11) is 0. The molecule has 7 heteroatoms. The number of aromatic nitrogens is 1. The third-order valence-electron chi connectivity index (χ3n) is 5.15. The number of amides is 1. The fourth-order valence-electron chi connectivity index (χ4n) is 3.41. The van der Waals surface area contributed by atoms with Crippen LogP contribution >= 0.6 is 0 Å². The Balaban J connectivity index is 1.71. The number of ether oxygens (including phenoxy) is 1. The summed E-state index contributed by atoms with van der Waals surface area (Å²) in [6.07, 6.45) is 3.77. The van der Waals surface area contributed by atoms with Crippen molar-refractivity contribution in [1.29, 1.82) is 5.26 Å². The summed E-state index contributed by atoms with van der Waals surface area (Å²) in [6.45, 7) is 7.34. The molecule has 3 heterocycles. The maximum absolute atomic E-state index is 12.5. The van der Waals surface area contributed by atoms with Gasteiger partial charge in [0.2, 0.25) is 5.91 Å². The molecule has 1 aliphatic rings. The highest BCUT2D eigenvalue weighted by molar-refractivity contribution is 5.93. The lowest BCUT2D eigenvalue weighted by Crippen LogP contribution is -2.31. The number of furan rings is 1. The van der Waals surface area contributed by atoms with Crippen LogP contribution in [0, 0.1) is 25.2 Å². The van der Waals surface area contributed by atoms with E-state index >= 15 is 0 Å². The second-order valence-electron chi connectivity index (χ2n) is 6.96. The van der Waals surface area contributed by atoms with Gasteiger partial charge in [0.1, 0.15) is 17.6 Å². The average molecular weight is 370 g/mol. The van der Waals surface area contributed by atoms with Crippen molar-refractivity contribution in [3.63, 3.8) is 0 Å². The molecule has 2 N–H and O–H groups in total. The van der Waals surface area contributed by atoms with Crippen LogP contribution in [-0.2, 0) is 16.1 Å². The molecule has 0 bridgehead atoms. The van der Waals surface area contributed by atoms with E-state index in [-0.39, 0.29) is 24.6 Å². The Morgan fingerprint density at radius 2 is 2.30 bits per heavy atom. The molecule has 7 nitrogen and oxygen atoms in total. The van der Waals surface area contributed by atoms with Gasteiger partial charge in [-0.1, -0.05) is 0 Å². The molecule has 0 spiro atoms. The Bertz CT molecular complexity index is 827. The van der Waals surface area contributed by atoms with Gasteiger partial charge in [-0.05, 0) is 51.3 Å². The van der Waals surface area contributed by atoms with Crippen LogP contribution in [0.2, 0.25) is 0 Å². The second kappa shape index (κ2) is 8.42. The number of hydrogen-bond acceptors (Lipinski definition) is 5. The van der Waals surface area contributed by atoms with Crippen LogP contribution in [0.1, 0.15) is 48.4 Å². The fourth-order valence-corrected chi connectivity index (χ4v) is 3.41. The first-order valence-electron chi connectivity index (χ1n) is 9.29. The molecular formula is C20H26N4O3. The van der Waals surface area contributed by atoms with E-state index in [9.17, 15) is 10.1 Å². The third kappa shape index (κ3) is 4.24. The van der Waals surface area contributed by atoms with Gasteiger partial charge >= 0.3 is 0 Å². The molecule has 2 aromatic heterocycles. The van der Waals surface area contributed by atoms with Gasteiger partial charge < -0.3 is 19.0 Å². The maximum atomic E-state index is 12.5. The molecule has 2 unspecified atom stereocenters. The lowest BCUT2D eigenvalue weighted by atomic mass is 10.2. The molecule has 2 aromatic rings. The molecule has 144 valence electrons. The normalized spacial score (nSPS) is 17.6. The summed E-state index contributed by atoms with van der Waals surface area (Å²) >= 11 is 0. The van der Waals surface area contributed by atoms with E-state index in [2.05, 4.69) is 16.7 Å². The number of nitrogens with zero attached hydrogens (tertiary/aromatic N) is 2. The largest absolute Gasteiger partial charge is 0.468 e. The summed E-state index contributed by atoms with van der Waals surface area (Å²) in [5.74, 6) is 1.13. The molecule has 0 radical (unpaired) electrons. The Morgan fingerprint density at radius 3 is 2.93 bits per heavy atom. The lowest BCUT2D eigenvalue weighted by Gasteiger charge is -2.17. The summed E-state index contributed by atoms with van der Waals surface area (Å²) in [5, 5.41) is 15.6. The monoisotopic (exact) mass is 370 g/mol. The van der Waals surface area contributed by atoms with E-state index in [4.69, 9.17) is 9.15 Å². The van der Waals surface area contributed by atoms with Crippen LogP contribution in [0.5, 0.6) is 0 Å². The highest BCUT2D eigenvalue weighted by Crippen LogP contribution is 2.28. The fraction of sp³-hybridized carbons (Fsp3) is 0.500. The van der Waals surface area contributed by atoms with E-state index < -0.39 is 0 Å². The molecule has 0 saturated carbocycles. The summed E-state index contributed by atoms with van der Waals surface area (Å²) in [5.41, 5.74) is 2.38. The minimum Gasteiger partial charge on any atom is -0.468 e. The topological polar surface area (TPSA) is 92.2 Å². The number of hydrogen-bond donors (Lipinski definition) is 2. The Morgan fingerprint density at radius 1 is 1.48 bits per heavy atom. The van der Waals surface area contributed by atoms with Crippen LogP contribution in [0.3, 0.4) is 0 Å². The summed E-state index contributed by atoms with van der Waals surface area (Å²) in [4.78, 5) is 12.5. The first-order valence-corrected chi connectivity index (χ1v) is 9.29. The van der Waals surface area contributed by atoms with E-state index in [0.717, 1.165) is 36.5 Å². The highest BCUT2D eigenvalue weighted by atomic mass is 16.5. The lowest BCUT2D eigenvalue weighted by molar-refractivity contribution is -0.115. The van der Waals surface area contributed by atoms with Crippen molar-refractivity contribution >= 4 is 11.7 Å². The van der Waals surface area contributed by atoms with Gasteiger partial charge in [0.25, 0.3) is 0 Å². The molecule has 27 heavy (non-hydrogen) atoms. The zero-order chi connectivity index (χ0) is 19.4. The predicted octanol–water partition coefficient (Wildman–Crippen LogP) is 3.04. The van der Waals surface area contributed by atoms with Crippen LogP contribution in [0.15, 0.2) is 22.8 Å². The molecule has 1 saturated heterocycles. The Hall–Kier alpha value is -2.56. The number of carbonyl (C=O) groups excluding carboxylic acids is 1. The number of anilines is 1. The minimum absolute atomic E-state index is 0.0802. The number of carbonyl (C=O) groups is 1. The van der Waals surface area contributed by atoms with Crippen molar-refractivity contribution in [3.05, 3.63) is 41.0 Å². The zero-order valence-corrected chi connectivity index (χ0v) is 16.0. The van der Waals surface area contributed by atoms with Crippen LogP contribution in [-0.4, -0.2) is 29.7 Å². The molecule has 3 rings (SSSR count). The molecule has 1 aliphatic heterocycles. The van der Waals surface area contributed by atoms with Crippen molar-refractivity contribution < 1.29 is 13.9 Å². The Kier molecular flexibility index (Phi) is 5.99. The van der Waals surface area contributed by atoms with Crippen LogP contribution < -0.4 is 10.6 Å². The van der Waals surface area contributed by atoms with E-state index in [1.807, 2.05) is 37.5 Å². The van der Waals surface area contributed by atoms with Crippen molar-refractivity contribution in [1.82, 2.24) is 9.88 Å². The first-order chi connectivity index (χ1) is 13.0. The van der Waals surface area contributed by atoms with Gasteiger partial charge in [-0.2, -0.15) is 5.26 Å². The van der Waals surface area contributed by atoms with E-state index in [0.29, 0.717) is 17.9 Å². The molecular weight excluding hydrogens is 344 g/mol. The smallest absolute Gasteiger partial charge is 0.239 e. The molecule has 1 amide bonds. The van der Waals surface area contributed by atoms with Gasteiger partial charge in [-0.3, -0.25) is 10.1 Å². The van der Waals surface area contributed by atoms with Gasteiger partial charge in [0.15, 0.2) is 0 Å². The van der Waals surface area contributed by atoms with Gasteiger partial charge in [-0.25, -0.2) is 0 Å². The van der Waals surface area contributed by atoms with E-state index in [1.165, 1.54) is 0 Å². The number of rotatable bonds is 7. The highest BCUT2D eigenvalue weighted by Gasteiger charge is 2.24. The van der Waals surface area contributed by atoms with E-state index in [1.54, 1.807) is 6.26 Å². The minimum atomic E-state index is -0.198. The third-order valence-corrected chi connectivity index (χ3v) is 5.15. The van der Waals surface area contributed by atoms with Crippen molar-refractivity contribution in [3.8, 4) is 6.07 Å². The molecule has 1 fully saturated rings. The summed E-state index contributed by atoms with van der Waals surface area (Å²) < 4.78 is 13.1. The van der Waals surface area contributed by atoms with Gasteiger partial charge in [0.05, 0.1) is 37.1 Å². The quantitative estimate of drug-likeness (QED) is 0.781. The van der Waals surface area contributed by atoms with Gasteiger partial charge in [-0.15, -0.1) is 0 Å². The van der Waals surface area contributed by atoms with Gasteiger partial charge in [0, 0.05) is 12.3 Å². The second-order valence-corrected chi connectivity index (χ2v) is 6.96. The zero-order valence-electron chi connectivity index (χ0n) is 16.0. The number of nitrogens with one attached hydrogen (secondary N) is 2. The number of nitriles is 1. The SMILES string of the molecule is Cc1c(C#N)c(NC(=O)CNC(C)c2ccco2)n(CC2CCCO2)c1C. The van der Waals surface area contributed by atoms with Crippen molar-refractivity contribution in [2.45, 2.75) is 52.3 Å². The Labute approximate surface area is 159 Å². The summed E-state index contributed by atoms with van der Waals surface area (Å²) in [6, 6.07) is 5.83. The average Bonchev–Trinajstić information content (AvgIpc) is 3.40. The molecule has 0 aliphatic carbocycles. The molecule has 0 aromatic carbocycles. The van der Waals surface area contributed by atoms with Crippen molar-refractivity contribution in [2.75, 3.05) is 18.5 Å². The molecule has 2 atom stereocenters. The van der Waals surface area contributed by atoms with Crippen LogP contribution in [0.25, 0.3) is 0 Å². The standard InChI is InChI=1S/C20H26N4O3/c1-13-15(3)24(12-16-6-4-8-26-16)20(17(13)10-21)23-19(25)11-22-14(2)18-7-5-9-27-18/h5,7,9,14,16,22H,4,6,8,11-12H2,1-3H3,(H,23,25). The van der Waals surface area contributed by atoms with Crippen molar-refractivity contribution in [2.24, 2.45) is 0 Å². The maximum Gasteiger partial charge on any atom is 0.239 e. The first kappa shape index (κ1) is 19.2.